The summed E-state index contributed by atoms with van der Waals surface area (Å²) >= 11 is 0. The zero-order chi connectivity index (χ0) is 53.9. The Kier molecular flexibility index (Phi) is 16.7. The molecule has 0 atom stereocenters. The number of nitrogens with zero attached hydrogens (tertiary/aromatic N) is 8. The Balaban J connectivity index is 0.000000121. The van der Waals surface area contributed by atoms with Crippen LogP contribution in [0.2, 0.25) is 0 Å². The minimum Gasteiger partial charge on any atom is -0.283 e. The van der Waals surface area contributed by atoms with Crippen molar-refractivity contribution in [3.05, 3.63) is 312 Å². The topological polar surface area (TPSA) is 95.2 Å². The number of hydrogen-bond donors (Lipinski definition) is 0. The maximum Gasteiger partial charge on any atom is 0.169 e. The van der Waals surface area contributed by atoms with E-state index in [1.165, 1.54) is 0 Å². The predicted octanol–water partition coefficient (Wildman–Crippen LogP) is 14.1. The van der Waals surface area contributed by atoms with Crippen LogP contribution in [-0.2, 0) is 0 Å². The molecule has 0 saturated carbocycles. The lowest BCUT2D eigenvalue weighted by molar-refractivity contribution is 1.02. The van der Waals surface area contributed by atoms with Gasteiger partial charge in [0.1, 0.15) is 23.4 Å². The minimum atomic E-state index is 0.649. The molecule has 0 spiro atoms. The maximum absolute atomic E-state index is 4.55. The number of para-hydroxylation sites is 4. The highest BCUT2D eigenvalue weighted by atomic mass is 15.1. The van der Waals surface area contributed by atoms with E-state index >= 15 is 0 Å². The van der Waals surface area contributed by atoms with E-state index in [0.717, 1.165) is 88.7 Å². The van der Waals surface area contributed by atoms with Crippen molar-refractivity contribution in [3.63, 3.8) is 0 Å². The van der Waals surface area contributed by atoms with Gasteiger partial charge in [-0.1, -0.05) is 169 Å². The van der Waals surface area contributed by atoms with Gasteiger partial charge in [-0.25, -0.2) is 15.0 Å². The predicted molar refractivity (Wildman–Crippen MR) is 319 cm³/mol. The molecule has 6 heterocycles. The summed E-state index contributed by atoms with van der Waals surface area (Å²) in [6.07, 6.45) is 8.86. The average molecular weight is 1010 g/mol. The van der Waals surface area contributed by atoms with Crippen LogP contribution in [0.5, 0.6) is 0 Å². The van der Waals surface area contributed by atoms with Gasteiger partial charge in [-0.2, -0.15) is 0 Å². The van der Waals surface area contributed by atoms with Gasteiger partial charge in [-0.3, -0.25) is 24.5 Å². The van der Waals surface area contributed by atoms with E-state index in [9.17, 15) is 0 Å². The zero-order valence-corrected chi connectivity index (χ0v) is 43.3. The molecule has 6 aromatic heterocycles. The molecule has 0 aliphatic carbocycles. The van der Waals surface area contributed by atoms with E-state index in [2.05, 4.69) is 100 Å². The van der Waals surface area contributed by atoms with Crippen molar-refractivity contribution in [1.29, 1.82) is 0 Å². The number of aromatic nitrogens is 8. The highest BCUT2D eigenvalue weighted by molar-refractivity contribution is 5.88. The molecule has 0 amide bonds. The van der Waals surface area contributed by atoms with Gasteiger partial charge in [-0.05, 0) is 117 Å². The first-order chi connectivity index (χ1) is 39.0. The Morgan fingerprint density at radius 2 is 0.772 bits per heavy atom. The van der Waals surface area contributed by atoms with Crippen LogP contribution in [0, 0.1) is 61.2 Å². The Morgan fingerprint density at radius 1 is 0.342 bits per heavy atom. The smallest absolute Gasteiger partial charge is 0.169 e. The highest BCUT2D eigenvalue weighted by Crippen LogP contribution is 2.21. The number of fused-ring (bicyclic) bond motifs is 4. The van der Waals surface area contributed by atoms with Crippen LogP contribution in [-0.4, -0.2) is 39.5 Å². The summed E-state index contributed by atoms with van der Waals surface area (Å²) in [5.74, 6) is 26.1. The summed E-state index contributed by atoms with van der Waals surface area (Å²) in [5.41, 5.74) is 14.1. The molecular weight excluding hydrogens is 965 g/mol. The molecule has 0 fully saturated rings. The van der Waals surface area contributed by atoms with Crippen LogP contribution >= 0.6 is 0 Å². The van der Waals surface area contributed by atoms with Crippen LogP contribution in [0.3, 0.4) is 0 Å². The van der Waals surface area contributed by atoms with Gasteiger partial charge < -0.3 is 0 Å². The van der Waals surface area contributed by atoms with Gasteiger partial charge in [0.05, 0.1) is 16.6 Å². The van der Waals surface area contributed by atoms with Crippen LogP contribution in [0.1, 0.15) is 56.2 Å². The Bertz CT molecular complexity index is 4320. The van der Waals surface area contributed by atoms with Crippen LogP contribution < -0.4 is 0 Å². The van der Waals surface area contributed by atoms with Crippen LogP contribution in [0.4, 0.5) is 0 Å². The molecule has 8 heteroatoms. The number of hydrogen-bond acceptors (Lipinski definition) is 7. The molecule has 8 nitrogen and oxygen atoms in total. The normalized spacial score (nSPS) is 10.0. The summed E-state index contributed by atoms with van der Waals surface area (Å²) in [4.78, 5) is 30.7. The quantitative estimate of drug-likeness (QED) is 0.151. The molecule has 79 heavy (non-hydrogen) atoms. The molecule has 0 radical (unpaired) electrons. The summed E-state index contributed by atoms with van der Waals surface area (Å²) in [5, 5.41) is 3.27. The molecule has 0 aliphatic rings. The second kappa shape index (κ2) is 25.8. The lowest BCUT2D eigenvalue weighted by Crippen LogP contribution is -1.98. The van der Waals surface area contributed by atoms with E-state index < -0.39 is 0 Å². The first-order valence-corrected chi connectivity index (χ1v) is 25.4. The van der Waals surface area contributed by atoms with E-state index in [1.54, 1.807) is 31.1 Å². The molecule has 13 aromatic rings. The summed E-state index contributed by atoms with van der Waals surface area (Å²) in [7, 11) is 0. The monoisotopic (exact) mass is 1010 g/mol. The number of pyridine rings is 4. The van der Waals surface area contributed by atoms with Crippen LogP contribution in [0.25, 0.3) is 49.6 Å². The lowest BCUT2D eigenvalue weighted by atomic mass is 10.1. The standard InChI is InChI=1S/C20H14N4.C20H12N2.C18H13N.C13H9N/c1-15-22-18(13-12-16-8-4-2-5-9-16)19-20(23-15)24(14-21-19)17-10-6-3-7-11-17;1-3-7-19-17(5-1)15(11-13-21-19)9-10-16-12-14-22-20-8-4-2-6-18(16)20;1-14-13-16(12-11-15-7-3-2-4-8-15)17-9-5-6-10-18(17)19-14;1-2-4-12(5-3-1)6-7-13-8-10-14-11-9-13/h2-11,14H,1H3;1-8,11-14H;2-10,13H,1H3;1-5,8-11H. The van der Waals surface area contributed by atoms with Crippen molar-refractivity contribution in [2.24, 2.45) is 0 Å². The van der Waals surface area contributed by atoms with Crippen molar-refractivity contribution >= 4 is 43.9 Å². The number of rotatable bonds is 1. The highest BCUT2D eigenvalue weighted by Gasteiger charge is 2.12. The first-order valence-electron chi connectivity index (χ1n) is 25.4. The lowest BCUT2D eigenvalue weighted by Gasteiger charge is -2.03. The molecule has 13 rings (SSSR count). The third-order valence-corrected chi connectivity index (χ3v) is 12.0. The average Bonchev–Trinajstić information content (AvgIpc) is 4.02. The van der Waals surface area contributed by atoms with Gasteiger partial charge in [0.2, 0.25) is 0 Å². The third kappa shape index (κ3) is 13.7. The molecular formula is C71H48N8. The SMILES string of the molecule is C(#Cc1ccnc2ccccc12)c1ccnc2ccccc12.C(#Cc1ccncc1)c1ccccc1.Cc1cc(C#Cc2ccccc2)c2ccccc2n1.Cc1nc(C#Cc2ccccc2)c2ncn(-c3ccccc3)c2n1. The summed E-state index contributed by atoms with van der Waals surface area (Å²) in [6.45, 7) is 3.87. The molecule has 0 N–H and O–H groups in total. The van der Waals surface area contributed by atoms with Gasteiger partial charge in [0, 0.05) is 91.3 Å². The molecule has 7 aromatic carbocycles. The van der Waals surface area contributed by atoms with Gasteiger partial charge in [-0.15, -0.1) is 0 Å². The Labute approximate surface area is 459 Å². The second-order valence-electron chi connectivity index (χ2n) is 17.7. The first kappa shape index (κ1) is 51.2. The van der Waals surface area contributed by atoms with Gasteiger partial charge in [0.15, 0.2) is 5.65 Å². The summed E-state index contributed by atoms with van der Waals surface area (Å²) < 4.78 is 1.96. The molecule has 372 valence electrons. The fourth-order valence-corrected chi connectivity index (χ4v) is 8.24. The molecule has 0 unspecified atom stereocenters. The minimum absolute atomic E-state index is 0.649. The van der Waals surface area contributed by atoms with E-state index in [4.69, 9.17) is 0 Å². The van der Waals surface area contributed by atoms with Crippen molar-refractivity contribution in [2.75, 3.05) is 0 Å². The molecule has 0 saturated heterocycles. The van der Waals surface area contributed by atoms with E-state index in [-0.39, 0.29) is 0 Å². The van der Waals surface area contributed by atoms with Crippen molar-refractivity contribution in [2.45, 2.75) is 13.8 Å². The fraction of sp³-hybridized carbons (Fsp3) is 0.0282. The fourth-order valence-electron chi connectivity index (χ4n) is 8.24. The number of imidazole rings is 1. The van der Waals surface area contributed by atoms with Gasteiger partial charge in [0.25, 0.3) is 0 Å². The number of aryl methyl sites for hydroxylation is 2. The second-order valence-corrected chi connectivity index (χ2v) is 17.7. The molecule has 0 bridgehead atoms. The third-order valence-electron chi connectivity index (χ3n) is 12.0. The summed E-state index contributed by atoms with van der Waals surface area (Å²) in [6, 6.07) is 73.8. The van der Waals surface area contributed by atoms with Crippen molar-refractivity contribution in [1.82, 2.24) is 39.5 Å². The zero-order valence-electron chi connectivity index (χ0n) is 43.3. The van der Waals surface area contributed by atoms with E-state index in [1.807, 2.05) is 225 Å². The molecule has 0 aliphatic heterocycles. The van der Waals surface area contributed by atoms with E-state index in [0.29, 0.717) is 17.0 Å². The van der Waals surface area contributed by atoms with Gasteiger partial charge >= 0.3 is 0 Å². The van der Waals surface area contributed by atoms with Crippen molar-refractivity contribution in [3.8, 4) is 53.1 Å². The Morgan fingerprint density at radius 3 is 1.32 bits per heavy atom. The Hall–Kier alpha value is -11.3. The largest absolute Gasteiger partial charge is 0.283 e. The maximum atomic E-state index is 4.55. The number of benzene rings is 7. The van der Waals surface area contributed by atoms with Crippen LogP contribution in [0.15, 0.2) is 256 Å². The van der Waals surface area contributed by atoms with Crippen molar-refractivity contribution < 1.29 is 0 Å².